The first-order chi connectivity index (χ1) is 7.00. The van der Waals surface area contributed by atoms with Gasteiger partial charge in [0, 0.05) is 17.1 Å². The Balaban J connectivity index is 2.72. The van der Waals surface area contributed by atoms with Crippen molar-refractivity contribution in [3.63, 3.8) is 0 Å². The molecule has 15 heavy (non-hydrogen) atoms. The van der Waals surface area contributed by atoms with Crippen LogP contribution in [-0.4, -0.2) is 30.8 Å². The van der Waals surface area contributed by atoms with E-state index < -0.39 is 18.9 Å². The summed E-state index contributed by atoms with van der Waals surface area (Å²) in [7, 11) is 1.36. The van der Waals surface area contributed by atoms with Gasteiger partial charge in [-0.05, 0) is 24.3 Å². The van der Waals surface area contributed by atoms with Gasteiger partial charge < -0.3 is 4.90 Å². The molecule has 1 aromatic carbocycles. The highest BCUT2D eigenvalue weighted by atomic mass is 79.9. The predicted octanol–water partition coefficient (Wildman–Crippen LogP) is 2.79. The number of carbonyl (C=O) groups is 1. The monoisotopic (exact) mass is 277 g/mol. The fourth-order valence-corrected chi connectivity index (χ4v) is 1.37. The maximum atomic E-state index is 12.0. The Morgan fingerprint density at radius 3 is 2.40 bits per heavy atom. The summed E-state index contributed by atoms with van der Waals surface area (Å²) in [4.78, 5) is 12.6. The molecule has 5 heteroatoms. The van der Waals surface area contributed by atoms with Gasteiger partial charge >= 0.3 is 0 Å². The lowest BCUT2D eigenvalue weighted by atomic mass is 10.2. The van der Waals surface area contributed by atoms with E-state index in [9.17, 15) is 13.6 Å². The van der Waals surface area contributed by atoms with Gasteiger partial charge in [0.05, 0.1) is 6.54 Å². The Morgan fingerprint density at radius 2 is 1.93 bits per heavy atom. The van der Waals surface area contributed by atoms with Gasteiger partial charge in [0.15, 0.2) is 0 Å². The molecule has 0 fully saturated rings. The van der Waals surface area contributed by atoms with Crippen LogP contribution in [0.1, 0.15) is 10.4 Å². The maximum absolute atomic E-state index is 12.0. The molecule has 0 atom stereocenters. The summed E-state index contributed by atoms with van der Waals surface area (Å²) >= 11 is 3.23. The topological polar surface area (TPSA) is 20.3 Å². The summed E-state index contributed by atoms with van der Waals surface area (Å²) in [5.74, 6) is -0.400. The highest BCUT2D eigenvalue weighted by Crippen LogP contribution is 2.12. The van der Waals surface area contributed by atoms with Crippen LogP contribution in [0.25, 0.3) is 0 Å². The van der Waals surface area contributed by atoms with Crippen LogP contribution < -0.4 is 0 Å². The number of hydrogen-bond donors (Lipinski definition) is 0. The van der Waals surface area contributed by atoms with Crippen molar-refractivity contribution >= 4 is 21.8 Å². The standard InChI is InChI=1S/C10H10BrF2NO/c1-14(6-9(12)13)10(15)7-2-4-8(11)5-3-7/h2-5,9H,6H2,1H3. The average Bonchev–Trinajstić information content (AvgIpc) is 2.17. The number of nitrogens with zero attached hydrogens (tertiary/aromatic N) is 1. The van der Waals surface area contributed by atoms with Crippen LogP contribution in [0.3, 0.4) is 0 Å². The fraction of sp³-hybridized carbons (Fsp3) is 0.300. The number of alkyl halides is 2. The molecule has 0 bridgehead atoms. The molecule has 1 aromatic rings. The molecular weight excluding hydrogens is 268 g/mol. The van der Waals surface area contributed by atoms with Gasteiger partial charge in [-0.1, -0.05) is 15.9 Å². The van der Waals surface area contributed by atoms with Crippen molar-refractivity contribution in [2.75, 3.05) is 13.6 Å². The summed E-state index contributed by atoms with van der Waals surface area (Å²) in [5.41, 5.74) is 0.404. The number of halogens is 3. The van der Waals surface area contributed by atoms with Gasteiger partial charge in [0.1, 0.15) is 0 Å². The number of benzene rings is 1. The third-order valence-electron chi connectivity index (χ3n) is 1.85. The molecule has 0 aliphatic carbocycles. The van der Waals surface area contributed by atoms with Crippen LogP contribution in [0, 0.1) is 0 Å². The summed E-state index contributed by atoms with van der Waals surface area (Å²) in [5, 5.41) is 0. The lowest BCUT2D eigenvalue weighted by molar-refractivity contribution is 0.0620. The molecule has 0 N–H and O–H groups in total. The summed E-state index contributed by atoms with van der Waals surface area (Å²) < 4.78 is 24.9. The van der Waals surface area contributed by atoms with Crippen LogP contribution >= 0.6 is 15.9 Å². The molecular formula is C10H10BrF2NO. The predicted molar refractivity (Wildman–Crippen MR) is 57.1 cm³/mol. The Morgan fingerprint density at radius 1 is 1.40 bits per heavy atom. The van der Waals surface area contributed by atoms with Gasteiger partial charge in [-0.3, -0.25) is 4.79 Å². The third kappa shape index (κ3) is 3.58. The molecule has 0 aromatic heterocycles. The Hall–Kier alpha value is -0.970. The Bertz CT molecular complexity index is 340. The van der Waals surface area contributed by atoms with Crippen molar-refractivity contribution in [3.05, 3.63) is 34.3 Å². The molecule has 0 unspecified atom stereocenters. The smallest absolute Gasteiger partial charge is 0.255 e. The first-order valence-electron chi connectivity index (χ1n) is 4.30. The van der Waals surface area contributed by atoms with E-state index >= 15 is 0 Å². The first kappa shape index (κ1) is 12.1. The Labute approximate surface area is 95.0 Å². The summed E-state index contributed by atoms with van der Waals surface area (Å²) in [6, 6.07) is 6.58. The van der Waals surface area contributed by atoms with Gasteiger partial charge in [0.25, 0.3) is 12.3 Å². The highest BCUT2D eigenvalue weighted by Gasteiger charge is 2.15. The van der Waals surface area contributed by atoms with Crippen LogP contribution in [0.2, 0.25) is 0 Å². The number of hydrogen-bond acceptors (Lipinski definition) is 1. The summed E-state index contributed by atoms with van der Waals surface area (Å²) in [6.07, 6.45) is -2.51. The highest BCUT2D eigenvalue weighted by molar-refractivity contribution is 9.10. The second kappa shape index (κ2) is 5.21. The van der Waals surface area contributed by atoms with Gasteiger partial charge in [0.2, 0.25) is 0 Å². The zero-order chi connectivity index (χ0) is 11.4. The number of rotatable bonds is 3. The van der Waals surface area contributed by atoms with E-state index in [-0.39, 0.29) is 0 Å². The largest absolute Gasteiger partial charge is 0.336 e. The molecule has 0 saturated heterocycles. The van der Waals surface area contributed by atoms with Crippen molar-refractivity contribution in [2.45, 2.75) is 6.43 Å². The SMILES string of the molecule is CN(CC(F)F)C(=O)c1ccc(Br)cc1. The Kier molecular flexibility index (Phi) is 4.20. The minimum Gasteiger partial charge on any atom is -0.336 e. The second-order valence-corrected chi connectivity index (χ2v) is 4.00. The van der Waals surface area contributed by atoms with Crippen molar-refractivity contribution in [3.8, 4) is 0 Å². The molecule has 82 valence electrons. The molecule has 1 rings (SSSR count). The molecule has 0 radical (unpaired) electrons. The molecule has 1 amide bonds. The molecule has 2 nitrogen and oxygen atoms in total. The normalized spacial score (nSPS) is 10.5. The molecule has 0 saturated carbocycles. The molecule has 0 heterocycles. The van der Waals surface area contributed by atoms with E-state index in [0.717, 1.165) is 9.37 Å². The second-order valence-electron chi connectivity index (χ2n) is 3.08. The molecule has 0 spiro atoms. The van der Waals surface area contributed by atoms with Crippen LogP contribution in [-0.2, 0) is 0 Å². The number of amides is 1. The minimum atomic E-state index is -2.51. The fourth-order valence-electron chi connectivity index (χ4n) is 1.10. The first-order valence-corrected chi connectivity index (χ1v) is 5.09. The van der Waals surface area contributed by atoms with Crippen molar-refractivity contribution in [1.82, 2.24) is 4.90 Å². The van der Waals surface area contributed by atoms with Crippen molar-refractivity contribution in [2.24, 2.45) is 0 Å². The third-order valence-corrected chi connectivity index (χ3v) is 2.38. The quantitative estimate of drug-likeness (QED) is 0.832. The van der Waals surface area contributed by atoms with Gasteiger partial charge in [-0.2, -0.15) is 0 Å². The lowest BCUT2D eigenvalue weighted by Gasteiger charge is -2.16. The van der Waals surface area contributed by atoms with Gasteiger partial charge in [-0.15, -0.1) is 0 Å². The minimum absolute atomic E-state index is 0.400. The van der Waals surface area contributed by atoms with E-state index in [1.807, 2.05) is 0 Å². The molecule has 0 aliphatic rings. The van der Waals surface area contributed by atoms with E-state index in [1.165, 1.54) is 7.05 Å². The van der Waals surface area contributed by atoms with E-state index in [0.29, 0.717) is 5.56 Å². The maximum Gasteiger partial charge on any atom is 0.255 e. The van der Waals surface area contributed by atoms with E-state index in [4.69, 9.17) is 0 Å². The zero-order valence-corrected chi connectivity index (χ0v) is 9.67. The van der Waals surface area contributed by atoms with Crippen LogP contribution in [0.4, 0.5) is 8.78 Å². The molecule has 0 aliphatic heterocycles. The average molecular weight is 278 g/mol. The number of carbonyl (C=O) groups excluding carboxylic acids is 1. The van der Waals surface area contributed by atoms with E-state index in [1.54, 1.807) is 24.3 Å². The van der Waals surface area contributed by atoms with Gasteiger partial charge in [-0.25, -0.2) is 8.78 Å². The van der Waals surface area contributed by atoms with Crippen molar-refractivity contribution in [1.29, 1.82) is 0 Å². The zero-order valence-electron chi connectivity index (χ0n) is 8.08. The van der Waals surface area contributed by atoms with Crippen LogP contribution in [0.5, 0.6) is 0 Å². The van der Waals surface area contributed by atoms with Crippen molar-refractivity contribution < 1.29 is 13.6 Å². The van der Waals surface area contributed by atoms with Crippen LogP contribution in [0.15, 0.2) is 28.7 Å². The summed E-state index contributed by atoms with van der Waals surface area (Å²) in [6.45, 7) is -0.547. The lowest BCUT2D eigenvalue weighted by Crippen LogP contribution is -2.31. The van der Waals surface area contributed by atoms with E-state index in [2.05, 4.69) is 15.9 Å².